The number of carbonyl (C=O) groups is 1. The van der Waals surface area contributed by atoms with Crippen molar-refractivity contribution in [1.29, 1.82) is 0 Å². The van der Waals surface area contributed by atoms with Gasteiger partial charge in [-0.25, -0.2) is 0 Å². The van der Waals surface area contributed by atoms with Gasteiger partial charge in [-0.2, -0.15) is 8.42 Å². The van der Waals surface area contributed by atoms with Crippen molar-refractivity contribution in [1.82, 2.24) is 0 Å². The highest BCUT2D eigenvalue weighted by atomic mass is 32.3. The molecule has 19 heavy (non-hydrogen) atoms. The summed E-state index contributed by atoms with van der Waals surface area (Å²) in [5.74, 6) is -0.429. The van der Waals surface area contributed by atoms with Gasteiger partial charge in [0, 0.05) is 13.0 Å². The van der Waals surface area contributed by atoms with Gasteiger partial charge < -0.3 is 10.6 Å². The van der Waals surface area contributed by atoms with Crippen molar-refractivity contribution in [3.05, 3.63) is 23.3 Å². The van der Waals surface area contributed by atoms with Gasteiger partial charge in [0.25, 0.3) is 0 Å². The molecule has 1 aliphatic heterocycles. The normalized spacial score (nSPS) is 20.1. The molecular weight excluding hydrogens is 271 g/mol. The molecule has 104 valence electrons. The molecular formula is C12H15FN2O3S. The number of carbonyl (C=O) groups excluding carboxylic acids is 1. The number of amides is 1. The molecule has 2 N–H and O–H groups in total. The molecule has 1 unspecified atom stereocenters. The fourth-order valence-corrected chi connectivity index (χ4v) is 2.82. The fourth-order valence-electron chi connectivity index (χ4n) is 2.15. The Labute approximate surface area is 111 Å². The third kappa shape index (κ3) is 2.56. The first-order valence-corrected chi connectivity index (χ1v) is 7.25. The van der Waals surface area contributed by atoms with Crippen LogP contribution in [-0.2, 0) is 15.0 Å². The molecule has 1 atom stereocenters. The number of benzene rings is 1. The molecule has 1 fully saturated rings. The second-order valence-corrected chi connectivity index (χ2v) is 6.42. The lowest BCUT2D eigenvalue weighted by Crippen LogP contribution is -2.27. The molecule has 5 nitrogen and oxygen atoms in total. The SMILES string of the molecule is Cc1cc(N)c(N2CC(S(=O)(=O)F)CC2=O)cc1C. The molecule has 1 amide bonds. The number of aryl methyl sites for hydroxylation is 2. The summed E-state index contributed by atoms with van der Waals surface area (Å²) in [5, 5.41) is -1.30. The Morgan fingerprint density at radius 3 is 2.42 bits per heavy atom. The summed E-state index contributed by atoms with van der Waals surface area (Å²) in [6.07, 6.45) is -0.342. The van der Waals surface area contributed by atoms with Gasteiger partial charge >= 0.3 is 10.2 Å². The molecule has 0 aromatic heterocycles. The molecule has 1 heterocycles. The zero-order valence-electron chi connectivity index (χ0n) is 10.7. The topological polar surface area (TPSA) is 80.5 Å². The highest BCUT2D eigenvalue weighted by Crippen LogP contribution is 2.32. The maximum absolute atomic E-state index is 13.0. The number of anilines is 2. The molecule has 7 heteroatoms. The van der Waals surface area contributed by atoms with Crippen molar-refractivity contribution in [2.24, 2.45) is 0 Å². The smallest absolute Gasteiger partial charge is 0.307 e. The lowest BCUT2D eigenvalue weighted by atomic mass is 10.1. The van der Waals surface area contributed by atoms with Gasteiger partial charge in [0.2, 0.25) is 5.91 Å². The van der Waals surface area contributed by atoms with Crippen molar-refractivity contribution in [3.63, 3.8) is 0 Å². The standard InChI is InChI=1S/C12H15FN2O3S/c1-7-3-10(14)11(4-8(7)2)15-6-9(5-12(15)16)19(13,17)18/h3-4,9H,5-6,14H2,1-2H3. The highest BCUT2D eigenvalue weighted by Gasteiger charge is 2.39. The minimum Gasteiger partial charge on any atom is -0.397 e. The van der Waals surface area contributed by atoms with E-state index in [1.165, 1.54) is 4.90 Å². The van der Waals surface area contributed by atoms with Crippen LogP contribution in [0.4, 0.5) is 15.3 Å². The second kappa shape index (κ2) is 4.48. The van der Waals surface area contributed by atoms with Crippen LogP contribution in [0.3, 0.4) is 0 Å². The van der Waals surface area contributed by atoms with E-state index in [0.29, 0.717) is 11.4 Å². The van der Waals surface area contributed by atoms with Crippen LogP contribution in [0.15, 0.2) is 12.1 Å². The van der Waals surface area contributed by atoms with Crippen LogP contribution in [0.1, 0.15) is 17.5 Å². The number of rotatable bonds is 2. The van der Waals surface area contributed by atoms with Crippen LogP contribution in [0.2, 0.25) is 0 Å². The van der Waals surface area contributed by atoms with Crippen molar-refractivity contribution in [2.45, 2.75) is 25.5 Å². The molecule has 1 saturated heterocycles. The van der Waals surface area contributed by atoms with Gasteiger partial charge in [-0.1, -0.05) is 0 Å². The average Bonchev–Trinajstić information content (AvgIpc) is 2.65. The maximum Gasteiger partial charge on any atom is 0.307 e. The summed E-state index contributed by atoms with van der Waals surface area (Å²) < 4.78 is 34.7. The summed E-state index contributed by atoms with van der Waals surface area (Å²) in [7, 11) is -4.71. The molecule has 0 radical (unpaired) electrons. The van der Waals surface area contributed by atoms with Crippen LogP contribution in [0.5, 0.6) is 0 Å². The number of nitrogens with zero attached hydrogens (tertiary/aromatic N) is 1. The quantitative estimate of drug-likeness (QED) is 0.656. The summed E-state index contributed by atoms with van der Waals surface area (Å²) in [6, 6.07) is 3.44. The molecule has 0 aliphatic carbocycles. The minimum absolute atomic E-state index is 0.190. The monoisotopic (exact) mass is 286 g/mol. The van der Waals surface area contributed by atoms with Crippen molar-refractivity contribution < 1.29 is 17.1 Å². The summed E-state index contributed by atoms with van der Waals surface area (Å²) in [4.78, 5) is 13.1. The van der Waals surface area contributed by atoms with E-state index >= 15 is 0 Å². The second-order valence-electron chi connectivity index (χ2n) is 4.80. The van der Waals surface area contributed by atoms with Gasteiger partial charge in [-0.05, 0) is 37.1 Å². The number of nitrogen functional groups attached to an aromatic ring is 1. The molecule has 1 aromatic carbocycles. The van der Waals surface area contributed by atoms with Gasteiger partial charge in [-0.15, -0.1) is 3.89 Å². The van der Waals surface area contributed by atoms with E-state index in [-0.39, 0.29) is 13.0 Å². The molecule has 1 aromatic rings. The molecule has 2 rings (SSSR count). The largest absolute Gasteiger partial charge is 0.397 e. The average molecular weight is 286 g/mol. The van der Waals surface area contributed by atoms with E-state index < -0.39 is 21.4 Å². The van der Waals surface area contributed by atoms with Crippen molar-refractivity contribution >= 4 is 27.5 Å². The Kier molecular flexibility index (Phi) is 3.25. The Morgan fingerprint density at radius 1 is 1.32 bits per heavy atom. The zero-order valence-corrected chi connectivity index (χ0v) is 11.5. The van der Waals surface area contributed by atoms with Gasteiger partial charge in [0.05, 0.1) is 11.4 Å². The fraction of sp³-hybridized carbons (Fsp3) is 0.417. The molecule has 0 spiro atoms. The van der Waals surface area contributed by atoms with Gasteiger partial charge in [-0.3, -0.25) is 4.79 Å². The van der Waals surface area contributed by atoms with E-state index in [1.54, 1.807) is 12.1 Å². The molecule has 1 aliphatic rings. The number of halogens is 1. The summed E-state index contributed by atoms with van der Waals surface area (Å²) >= 11 is 0. The van der Waals surface area contributed by atoms with E-state index in [0.717, 1.165) is 11.1 Å². The van der Waals surface area contributed by atoms with E-state index in [9.17, 15) is 17.1 Å². The van der Waals surface area contributed by atoms with Crippen LogP contribution in [0.25, 0.3) is 0 Å². The zero-order chi connectivity index (χ0) is 14.4. The van der Waals surface area contributed by atoms with Crippen LogP contribution in [0, 0.1) is 13.8 Å². The predicted molar refractivity (Wildman–Crippen MR) is 71.1 cm³/mol. The predicted octanol–water partition coefficient (Wildman–Crippen LogP) is 1.29. The van der Waals surface area contributed by atoms with Crippen LogP contribution >= 0.6 is 0 Å². The maximum atomic E-state index is 13.0. The van der Waals surface area contributed by atoms with Crippen molar-refractivity contribution in [2.75, 3.05) is 17.2 Å². The molecule has 0 bridgehead atoms. The Hall–Kier alpha value is -1.63. The Morgan fingerprint density at radius 2 is 1.89 bits per heavy atom. The van der Waals surface area contributed by atoms with E-state index in [2.05, 4.69) is 0 Å². The van der Waals surface area contributed by atoms with Crippen molar-refractivity contribution in [3.8, 4) is 0 Å². The number of nitrogens with two attached hydrogens (primary N) is 1. The van der Waals surface area contributed by atoms with Crippen LogP contribution in [-0.4, -0.2) is 26.1 Å². The van der Waals surface area contributed by atoms with E-state index in [4.69, 9.17) is 5.73 Å². The molecule has 0 saturated carbocycles. The lowest BCUT2D eigenvalue weighted by Gasteiger charge is -2.19. The third-order valence-corrected chi connectivity index (χ3v) is 4.53. The van der Waals surface area contributed by atoms with Gasteiger partial charge in [0.15, 0.2) is 0 Å². The summed E-state index contributed by atoms with van der Waals surface area (Å²) in [5.41, 5.74) is 8.58. The number of hydrogen-bond acceptors (Lipinski definition) is 4. The Bertz CT molecular complexity index is 643. The van der Waals surface area contributed by atoms with Gasteiger partial charge in [0.1, 0.15) is 5.25 Å². The highest BCUT2D eigenvalue weighted by molar-refractivity contribution is 7.87. The number of hydrogen-bond donors (Lipinski definition) is 1. The first kappa shape index (κ1) is 13.8. The third-order valence-electron chi connectivity index (χ3n) is 3.42. The van der Waals surface area contributed by atoms with E-state index in [1.807, 2.05) is 13.8 Å². The first-order chi connectivity index (χ1) is 8.70. The Balaban J connectivity index is 2.39. The summed E-state index contributed by atoms with van der Waals surface area (Å²) in [6.45, 7) is 3.56. The lowest BCUT2D eigenvalue weighted by molar-refractivity contribution is -0.117. The van der Waals surface area contributed by atoms with Crippen LogP contribution < -0.4 is 10.6 Å². The first-order valence-electron chi connectivity index (χ1n) is 5.80. The minimum atomic E-state index is -4.71.